The van der Waals surface area contributed by atoms with Gasteiger partial charge in [0.1, 0.15) is 17.3 Å². The zero-order chi connectivity index (χ0) is 13.8. The lowest BCUT2D eigenvalue weighted by Crippen LogP contribution is -2.13. The lowest BCUT2D eigenvalue weighted by atomic mass is 10.1. The third-order valence-corrected chi connectivity index (χ3v) is 3.13. The summed E-state index contributed by atoms with van der Waals surface area (Å²) in [7, 11) is 0. The summed E-state index contributed by atoms with van der Waals surface area (Å²) < 4.78 is 5.87. The van der Waals surface area contributed by atoms with Gasteiger partial charge in [0.25, 0.3) is 0 Å². The van der Waals surface area contributed by atoms with E-state index in [2.05, 4.69) is 6.92 Å². The van der Waals surface area contributed by atoms with Gasteiger partial charge in [-0.1, -0.05) is 42.8 Å². The van der Waals surface area contributed by atoms with Gasteiger partial charge in [0.15, 0.2) is 0 Å². The van der Waals surface area contributed by atoms with Crippen LogP contribution in [0.4, 0.5) is 0 Å². The fourth-order valence-electron chi connectivity index (χ4n) is 1.86. The molecule has 0 saturated heterocycles. The van der Waals surface area contributed by atoms with Gasteiger partial charge in [-0.2, -0.15) is 0 Å². The number of para-hydroxylation sites is 1. The lowest BCUT2D eigenvalue weighted by molar-refractivity contribution is 0.476. The highest BCUT2D eigenvalue weighted by molar-refractivity contribution is 6.34. The highest BCUT2D eigenvalue weighted by Gasteiger charge is 2.13. The molecule has 0 fully saturated rings. The summed E-state index contributed by atoms with van der Waals surface area (Å²) in [4.78, 5) is 0. The third kappa shape index (κ3) is 2.88. The van der Waals surface area contributed by atoms with Gasteiger partial charge in [-0.3, -0.25) is 5.41 Å². The smallest absolute Gasteiger partial charge is 0.139 e. The van der Waals surface area contributed by atoms with Crippen LogP contribution in [0.15, 0.2) is 42.5 Å². The molecule has 2 rings (SSSR count). The van der Waals surface area contributed by atoms with E-state index in [0.717, 1.165) is 17.7 Å². The fourth-order valence-corrected chi connectivity index (χ4v) is 2.13. The fraction of sp³-hybridized carbons (Fsp3) is 0.133. The van der Waals surface area contributed by atoms with Crippen molar-refractivity contribution in [1.29, 1.82) is 5.41 Å². The molecular weight excluding hydrogens is 260 g/mol. The summed E-state index contributed by atoms with van der Waals surface area (Å²) in [5, 5.41) is 8.01. The Bertz CT molecular complexity index is 611. The van der Waals surface area contributed by atoms with E-state index < -0.39 is 0 Å². The minimum atomic E-state index is -0.102. The van der Waals surface area contributed by atoms with Gasteiger partial charge in [0.2, 0.25) is 0 Å². The summed E-state index contributed by atoms with van der Waals surface area (Å²) in [6.07, 6.45) is 0.867. The molecule has 3 N–H and O–H groups in total. The van der Waals surface area contributed by atoms with E-state index in [1.54, 1.807) is 18.2 Å². The van der Waals surface area contributed by atoms with E-state index in [1.165, 1.54) is 0 Å². The highest BCUT2D eigenvalue weighted by Crippen LogP contribution is 2.31. The number of rotatable bonds is 4. The maximum Gasteiger partial charge on any atom is 0.139 e. The van der Waals surface area contributed by atoms with Gasteiger partial charge in [-0.15, -0.1) is 0 Å². The molecule has 0 aliphatic heterocycles. The van der Waals surface area contributed by atoms with Gasteiger partial charge in [0.05, 0.1) is 10.6 Å². The highest BCUT2D eigenvalue weighted by atomic mass is 35.5. The normalized spacial score (nSPS) is 10.2. The molecule has 19 heavy (non-hydrogen) atoms. The van der Waals surface area contributed by atoms with Crippen molar-refractivity contribution >= 4 is 17.4 Å². The van der Waals surface area contributed by atoms with E-state index in [0.29, 0.717) is 16.3 Å². The first-order valence-electron chi connectivity index (χ1n) is 6.02. The Morgan fingerprint density at radius 2 is 1.84 bits per heavy atom. The van der Waals surface area contributed by atoms with Gasteiger partial charge in [-0.25, -0.2) is 0 Å². The van der Waals surface area contributed by atoms with Crippen molar-refractivity contribution in [3.8, 4) is 11.5 Å². The standard InChI is InChI=1S/C15H15ClN2O/c1-2-10-6-3-4-8-12(10)19-13-9-5-7-11(16)14(13)15(17)18/h3-9H,2H2,1H3,(H3,17,18). The summed E-state index contributed by atoms with van der Waals surface area (Å²) in [6.45, 7) is 2.06. The van der Waals surface area contributed by atoms with Crippen LogP contribution in [-0.2, 0) is 6.42 Å². The largest absolute Gasteiger partial charge is 0.456 e. The molecule has 0 amide bonds. The monoisotopic (exact) mass is 274 g/mol. The molecule has 0 heterocycles. The number of nitrogen functional groups attached to an aromatic ring is 1. The van der Waals surface area contributed by atoms with Crippen molar-refractivity contribution < 1.29 is 4.74 Å². The van der Waals surface area contributed by atoms with Crippen molar-refractivity contribution in [2.45, 2.75) is 13.3 Å². The first-order valence-corrected chi connectivity index (χ1v) is 6.40. The summed E-state index contributed by atoms with van der Waals surface area (Å²) >= 11 is 6.06. The van der Waals surface area contributed by atoms with Crippen molar-refractivity contribution in [2.75, 3.05) is 0 Å². The summed E-state index contributed by atoms with van der Waals surface area (Å²) in [6, 6.07) is 13.0. The SMILES string of the molecule is CCc1ccccc1Oc1cccc(Cl)c1C(=N)N. The van der Waals surface area contributed by atoms with Crippen molar-refractivity contribution in [2.24, 2.45) is 5.73 Å². The molecule has 0 aliphatic rings. The van der Waals surface area contributed by atoms with Crippen LogP contribution in [0.5, 0.6) is 11.5 Å². The zero-order valence-electron chi connectivity index (χ0n) is 10.6. The molecule has 0 aromatic heterocycles. The Hall–Kier alpha value is -2.00. The molecule has 0 aliphatic carbocycles. The van der Waals surface area contributed by atoms with Crippen LogP contribution in [-0.4, -0.2) is 5.84 Å². The number of amidine groups is 1. The molecule has 0 radical (unpaired) electrons. The average Bonchev–Trinajstić information content (AvgIpc) is 2.39. The number of aryl methyl sites for hydroxylation is 1. The molecule has 2 aromatic rings. The van der Waals surface area contributed by atoms with Crippen molar-refractivity contribution in [3.05, 3.63) is 58.6 Å². The number of nitrogens with two attached hydrogens (primary N) is 1. The quantitative estimate of drug-likeness (QED) is 0.654. The predicted molar refractivity (Wildman–Crippen MR) is 78.4 cm³/mol. The molecule has 4 heteroatoms. The van der Waals surface area contributed by atoms with Crippen LogP contribution in [0.1, 0.15) is 18.1 Å². The predicted octanol–water partition coefficient (Wildman–Crippen LogP) is 3.98. The average molecular weight is 275 g/mol. The number of halogens is 1. The number of hydrogen-bond acceptors (Lipinski definition) is 2. The third-order valence-electron chi connectivity index (χ3n) is 2.82. The molecule has 2 aromatic carbocycles. The molecule has 0 saturated carbocycles. The van der Waals surface area contributed by atoms with Gasteiger partial charge < -0.3 is 10.5 Å². The lowest BCUT2D eigenvalue weighted by Gasteiger charge is -2.13. The second-order valence-electron chi connectivity index (χ2n) is 4.09. The van der Waals surface area contributed by atoms with Crippen molar-refractivity contribution in [1.82, 2.24) is 0 Å². The maximum absolute atomic E-state index is 7.59. The van der Waals surface area contributed by atoms with E-state index in [1.807, 2.05) is 24.3 Å². The molecule has 98 valence electrons. The van der Waals surface area contributed by atoms with Gasteiger partial charge in [-0.05, 0) is 30.2 Å². The molecule has 0 bridgehead atoms. The van der Waals surface area contributed by atoms with Crippen LogP contribution >= 0.6 is 11.6 Å². The van der Waals surface area contributed by atoms with Crippen LogP contribution < -0.4 is 10.5 Å². The van der Waals surface area contributed by atoms with Crippen LogP contribution in [0.2, 0.25) is 5.02 Å². The molecule has 0 unspecified atom stereocenters. The number of ether oxygens (including phenoxy) is 1. The number of benzene rings is 2. The Labute approximate surface area is 117 Å². The minimum Gasteiger partial charge on any atom is -0.456 e. The van der Waals surface area contributed by atoms with E-state index in [9.17, 15) is 0 Å². The van der Waals surface area contributed by atoms with Crippen LogP contribution in [0.25, 0.3) is 0 Å². The van der Waals surface area contributed by atoms with Gasteiger partial charge >= 0.3 is 0 Å². The molecule has 3 nitrogen and oxygen atoms in total. The van der Waals surface area contributed by atoms with Gasteiger partial charge in [0, 0.05) is 0 Å². The summed E-state index contributed by atoms with van der Waals surface area (Å²) in [5.41, 5.74) is 7.08. The zero-order valence-corrected chi connectivity index (χ0v) is 11.4. The van der Waals surface area contributed by atoms with E-state index in [4.69, 9.17) is 27.5 Å². The Kier molecular flexibility index (Phi) is 4.07. The van der Waals surface area contributed by atoms with Crippen LogP contribution in [0, 0.1) is 5.41 Å². The molecule has 0 atom stereocenters. The van der Waals surface area contributed by atoms with E-state index >= 15 is 0 Å². The number of hydrogen-bond donors (Lipinski definition) is 2. The van der Waals surface area contributed by atoms with Crippen LogP contribution in [0.3, 0.4) is 0 Å². The first-order chi connectivity index (χ1) is 9.13. The van der Waals surface area contributed by atoms with E-state index in [-0.39, 0.29) is 5.84 Å². The Morgan fingerprint density at radius 1 is 1.16 bits per heavy atom. The Morgan fingerprint density at radius 3 is 2.53 bits per heavy atom. The maximum atomic E-state index is 7.59. The molecular formula is C15H15ClN2O. The second-order valence-corrected chi connectivity index (χ2v) is 4.50. The second kappa shape index (κ2) is 5.76. The minimum absolute atomic E-state index is 0.102. The molecule has 0 spiro atoms. The summed E-state index contributed by atoms with van der Waals surface area (Å²) in [5.74, 6) is 1.16. The topological polar surface area (TPSA) is 59.1 Å². The first kappa shape index (κ1) is 13.4. The Balaban J connectivity index is 2.44. The van der Waals surface area contributed by atoms with Crippen molar-refractivity contribution in [3.63, 3.8) is 0 Å². The number of nitrogens with one attached hydrogen (secondary N) is 1.